The summed E-state index contributed by atoms with van der Waals surface area (Å²) in [5.74, 6) is -1.15. The summed E-state index contributed by atoms with van der Waals surface area (Å²) in [5, 5.41) is 18.4. The van der Waals surface area contributed by atoms with E-state index in [0.29, 0.717) is 12.1 Å². The largest absolute Gasteiger partial charge is 0.508 e. The highest BCUT2D eigenvalue weighted by atomic mass is 16.4. The Hall–Kier alpha value is -2.04. The Balaban J connectivity index is 1.98. The van der Waals surface area contributed by atoms with Crippen LogP contribution in [0, 0.1) is 11.8 Å². The van der Waals surface area contributed by atoms with Crippen molar-refractivity contribution in [1.29, 1.82) is 0 Å². The third-order valence-corrected chi connectivity index (χ3v) is 3.46. The Kier molecular flexibility index (Phi) is 1.92. The zero-order chi connectivity index (χ0) is 12.2. The van der Waals surface area contributed by atoms with Gasteiger partial charge in [-0.25, -0.2) is 4.79 Å². The number of phenols is 1. The number of carboxylic acids is 1. The number of piperidine rings is 1. The number of nitrogens with zero attached hydrogens (tertiary/aromatic N) is 1. The zero-order valence-electron chi connectivity index (χ0n) is 8.91. The molecule has 2 N–H and O–H groups in total. The number of hydrogen-bond donors (Lipinski definition) is 2. The van der Waals surface area contributed by atoms with E-state index in [9.17, 15) is 19.8 Å². The van der Waals surface area contributed by atoms with Crippen LogP contribution in [0.1, 0.15) is 6.42 Å². The average molecular weight is 233 g/mol. The molecule has 1 aliphatic carbocycles. The normalized spacial score (nSPS) is 30.2. The molecule has 1 heterocycles. The number of fused-ring (bicyclic) bond motifs is 1. The minimum Gasteiger partial charge on any atom is -0.508 e. The number of carboxylic acid groups (broad SMARTS) is 1. The van der Waals surface area contributed by atoms with Crippen molar-refractivity contribution in [3.63, 3.8) is 0 Å². The van der Waals surface area contributed by atoms with Gasteiger partial charge in [0.05, 0.1) is 0 Å². The molecule has 1 saturated heterocycles. The maximum absolute atomic E-state index is 11.9. The molecule has 1 aromatic carbocycles. The minimum absolute atomic E-state index is 0.0474. The van der Waals surface area contributed by atoms with Gasteiger partial charge < -0.3 is 10.2 Å². The molecule has 2 fully saturated rings. The van der Waals surface area contributed by atoms with Gasteiger partial charge in [-0.3, -0.25) is 9.69 Å². The van der Waals surface area contributed by atoms with Crippen molar-refractivity contribution in [2.24, 2.45) is 11.8 Å². The summed E-state index contributed by atoms with van der Waals surface area (Å²) < 4.78 is 0. The van der Waals surface area contributed by atoms with Crippen molar-refractivity contribution < 1.29 is 19.8 Å². The highest BCUT2D eigenvalue weighted by Crippen LogP contribution is 2.51. The summed E-state index contributed by atoms with van der Waals surface area (Å²) in [6.45, 7) is 0. The quantitative estimate of drug-likeness (QED) is 0.793. The standard InChI is InChI=1S/C12H11NO4/c14-7-3-1-6(2-4-7)13-10(12(16)17)8-5-9(8)11(13)15/h1-4,8-10,14H,5H2,(H,16,17). The fraction of sp³-hybridized carbons (Fsp3) is 0.333. The van der Waals surface area contributed by atoms with E-state index in [1.54, 1.807) is 12.1 Å². The van der Waals surface area contributed by atoms with Crippen molar-refractivity contribution in [2.45, 2.75) is 12.5 Å². The Bertz CT molecular complexity index is 496. The molecule has 0 spiro atoms. The summed E-state index contributed by atoms with van der Waals surface area (Å²) in [6, 6.07) is 5.27. The molecule has 3 unspecified atom stereocenters. The van der Waals surface area contributed by atoms with Crippen molar-refractivity contribution in [2.75, 3.05) is 4.90 Å². The van der Waals surface area contributed by atoms with Crippen molar-refractivity contribution >= 4 is 17.6 Å². The van der Waals surface area contributed by atoms with Crippen LogP contribution < -0.4 is 4.90 Å². The van der Waals surface area contributed by atoms with E-state index in [0.717, 1.165) is 0 Å². The van der Waals surface area contributed by atoms with Crippen LogP contribution in [0.5, 0.6) is 5.75 Å². The smallest absolute Gasteiger partial charge is 0.327 e. The monoisotopic (exact) mass is 233 g/mol. The summed E-state index contributed by atoms with van der Waals surface area (Å²) in [5.41, 5.74) is 0.535. The van der Waals surface area contributed by atoms with Gasteiger partial charge in [0.15, 0.2) is 0 Å². The van der Waals surface area contributed by atoms with Crippen LogP contribution in [0.4, 0.5) is 5.69 Å². The molecular formula is C12H11NO4. The third kappa shape index (κ3) is 1.39. The summed E-state index contributed by atoms with van der Waals surface area (Å²) in [4.78, 5) is 24.5. The maximum atomic E-state index is 11.9. The Morgan fingerprint density at radius 1 is 1.29 bits per heavy atom. The maximum Gasteiger partial charge on any atom is 0.327 e. The number of amides is 1. The minimum atomic E-state index is -0.962. The van der Waals surface area contributed by atoms with Crippen LogP contribution in [0.15, 0.2) is 24.3 Å². The van der Waals surface area contributed by atoms with E-state index < -0.39 is 12.0 Å². The highest BCUT2D eigenvalue weighted by molar-refractivity contribution is 6.06. The average Bonchev–Trinajstić information content (AvgIpc) is 3.00. The second-order valence-electron chi connectivity index (χ2n) is 4.51. The lowest BCUT2D eigenvalue weighted by Gasteiger charge is -2.24. The molecule has 3 atom stereocenters. The topological polar surface area (TPSA) is 77.8 Å². The first kappa shape index (κ1) is 10.1. The van der Waals surface area contributed by atoms with E-state index in [1.807, 2.05) is 0 Å². The van der Waals surface area contributed by atoms with Crippen LogP contribution in [-0.4, -0.2) is 28.1 Å². The molecule has 0 bridgehead atoms. The molecule has 0 aromatic heterocycles. The first-order valence-electron chi connectivity index (χ1n) is 5.44. The van der Waals surface area contributed by atoms with E-state index in [4.69, 9.17) is 0 Å². The number of phenolic OH excluding ortho intramolecular Hbond substituents is 1. The Labute approximate surface area is 97.3 Å². The van der Waals surface area contributed by atoms with Crippen LogP contribution >= 0.6 is 0 Å². The second kappa shape index (κ2) is 3.23. The molecule has 1 saturated carbocycles. The molecule has 3 rings (SSSR count). The summed E-state index contributed by atoms with van der Waals surface area (Å²) in [7, 11) is 0. The van der Waals surface area contributed by atoms with Crippen molar-refractivity contribution in [1.82, 2.24) is 0 Å². The van der Waals surface area contributed by atoms with Gasteiger partial charge in [-0.1, -0.05) is 0 Å². The highest BCUT2D eigenvalue weighted by Gasteiger charge is 2.61. The summed E-state index contributed by atoms with van der Waals surface area (Å²) >= 11 is 0. The van der Waals surface area contributed by atoms with Crippen molar-refractivity contribution in [3.8, 4) is 5.75 Å². The van der Waals surface area contributed by atoms with Gasteiger partial charge in [-0.15, -0.1) is 0 Å². The van der Waals surface area contributed by atoms with Gasteiger partial charge in [0.2, 0.25) is 5.91 Å². The van der Waals surface area contributed by atoms with Crippen LogP contribution in [0.2, 0.25) is 0 Å². The predicted molar refractivity (Wildman–Crippen MR) is 58.6 cm³/mol. The first-order valence-corrected chi connectivity index (χ1v) is 5.44. The van der Waals surface area contributed by atoms with Crippen LogP contribution in [-0.2, 0) is 9.59 Å². The van der Waals surface area contributed by atoms with Crippen LogP contribution in [0.3, 0.4) is 0 Å². The number of hydrogen-bond acceptors (Lipinski definition) is 3. The van der Waals surface area contributed by atoms with E-state index in [1.165, 1.54) is 17.0 Å². The van der Waals surface area contributed by atoms with Gasteiger partial charge in [0, 0.05) is 17.5 Å². The third-order valence-electron chi connectivity index (χ3n) is 3.46. The Morgan fingerprint density at radius 2 is 1.94 bits per heavy atom. The number of aliphatic carboxylic acids is 1. The Morgan fingerprint density at radius 3 is 2.53 bits per heavy atom. The molecule has 88 valence electrons. The zero-order valence-corrected chi connectivity index (χ0v) is 8.91. The van der Waals surface area contributed by atoms with Gasteiger partial charge in [-0.05, 0) is 30.7 Å². The molecule has 5 heteroatoms. The van der Waals surface area contributed by atoms with Gasteiger partial charge in [0.1, 0.15) is 11.8 Å². The lowest BCUT2D eigenvalue weighted by atomic mass is 10.1. The molecule has 2 aliphatic rings. The lowest BCUT2D eigenvalue weighted by Crippen LogP contribution is -2.42. The predicted octanol–water partition coefficient (Wildman–Crippen LogP) is 0.828. The van der Waals surface area contributed by atoms with E-state index >= 15 is 0 Å². The molecule has 17 heavy (non-hydrogen) atoms. The molecule has 1 aliphatic heterocycles. The molecular weight excluding hydrogens is 222 g/mol. The molecule has 0 radical (unpaired) electrons. The SMILES string of the molecule is O=C(O)C1C2CC2C(=O)N1c1ccc(O)cc1. The molecule has 1 amide bonds. The number of carbonyl (C=O) groups is 2. The fourth-order valence-electron chi connectivity index (χ4n) is 2.55. The molecule has 1 aromatic rings. The number of benzene rings is 1. The number of carbonyl (C=O) groups excluding carboxylic acids is 1. The van der Waals surface area contributed by atoms with E-state index in [2.05, 4.69) is 0 Å². The number of aromatic hydroxyl groups is 1. The number of rotatable bonds is 2. The molecule has 5 nitrogen and oxygen atoms in total. The van der Waals surface area contributed by atoms with Gasteiger partial charge >= 0.3 is 5.97 Å². The number of anilines is 1. The van der Waals surface area contributed by atoms with Crippen molar-refractivity contribution in [3.05, 3.63) is 24.3 Å². The van der Waals surface area contributed by atoms with Gasteiger partial charge in [-0.2, -0.15) is 0 Å². The lowest BCUT2D eigenvalue weighted by molar-refractivity contribution is -0.139. The van der Waals surface area contributed by atoms with E-state index in [-0.39, 0.29) is 23.5 Å². The fourth-order valence-corrected chi connectivity index (χ4v) is 2.55. The summed E-state index contributed by atoms with van der Waals surface area (Å²) in [6.07, 6.45) is 0.685. The van der Waals surface area contributed by atoms with Crippen LogP contribution in [0.25, 0.3) is 0 Å². The first-order chi connectivity index (χ1) is 8.09. The second-order valence-corrected chi connectivity index (χ2v) is 4.51. The van der Waals surface area contributed by atoms with Gasteiger partial charge in [0.25, 0.3) is 0 Å².